The van der Waals surface area contributed by atoms with Crippen LogP contribution in [0.5, 0.6) is 5.88 Å². The maximum atomic E-state index is 8.99. The summed E-state index contributed by atoms with van der Waals surface area (Å²) >= 11 is 0. The second-order valence-electron chi connectivity index (χ2n) is 6.76. The number of fused-ring (bicyclic) bond motifs is 1. The minimum Gasteiger partial charge on any atom is -0.473 e. The SMILES string of the molecule is C=CCC[C@@H](CN1C[C@H]2CC=CC[C@H]2C1)Oc1cccc(C#N)n1. The Morgan fingerprint density at radius 1 is 1.33 bits per heavy atom. The summed E-state index contributed by atoms with van der Waals surface area (Å²) in [5.74, 6) is 2.14. The van der Waals surface area contributed by atoms with Gasteiger partial charge in [-0.15, -0.1) is 6.58 Å². The molecule has 2 heterocycles. The van der Waals surface area contributed by atoms with Crippen LogP contribution in [-0.2, 0) is 0 Å². The highest BCUT2D eigenvalue weighted by molar-refractivity contribution is 5.24. The normalized spacial score (nSPS) is 24.1. The number of hydrogen-bond donors (Lipinski definition) is 0. The molecule has 1 aromatic heterocycles. The smallest absolute Gasteiger partial charge is 0.214 e. The van der Waals surface area contributed by atoms with E-state index < -0.39 is 0 Å². The summed E-state index contributed by atoms with van der Waals surface area (Å²) in [4.78, 5) is 6.78. The van der Waals surface area contributed by atoms with E-state index in [0.29, 0.717) is 11.6 Å². The summed E-state index contributed by atoms with van der Waals surface area (Å²) < 4.78 is 6.11. The molecule has 0 aromatic carbocycles. The third-order valence-corrected chi connectivity index (χ3v) is 4.98. The predicted octanol–water partition coefficient (Wildman–Crippen LogP) is 3.56. The molecule has 1 aliphatic heterocycles. The molecule has 0 saturated carbocycles. The van der Waals surface area contributed by atoms with E-state index in [4.69, 9.17) is 10.00 Å². The molecular formula is C20H25N3O. The van der Waals surface area contributed by atoms with Crippen LogP contribution >= 0.6 is 0 Å². The van der Waals surface area contributed by atoms with Crippen molar-refractivity contribution in [3.63, 3.8) is 0 Å². The molecular weight excluding hydrogens is 298 g/mol. The minimum atomic E-state index is 0.0811. The molecule has 0 radical (unpaired) electrons. The molecule has 126 valence electrons. The van der Waals surface area contributed by atoms with Gasteiger partial charge in [-0.2, -0.15) is 5.26 Å². The highest BCUT2D eigenvalue weighted by Gasteiger charge is 2.33. The van der Waals surface area contributed by atoms with Crippen LogP contribution in [0.1, 0.15) is 31.4 Å². The van der Waals surface area contributed by atoms with E-state index >= 15 is 0 Å². The number of ether oxygens (including phenoxy) is 1. The van der Waals surface area contributed by atoms with Crippen molar-refractivity contribution in [2.75, 3.05) is 19.6 Å². The topological polar surface area (TPSA) is 49.1 Å². The van der Waals surface area contributed by atoms with Crippen LogP contribution in [0, 0.1) is 23.2 Å². The van der Waals surface area contributed by atoms with Gasteiger partial charge in [0.15, 0.2) is 0 Å². The van der Waals surface area contributed by atoms with Gasteiger partial charge in [0, 0.05) is 25.7 Å². The molecule has 0 spiro atoms. The molecule has 2 aliphatic rings. The van der Waals surface area contributed by atoms with Crippen molar-refractivity contribution in [1.82, 2.24) is 9.88 Å². The Morgan fingerprint density at radius 2 is 2.08 bits per heavy atom. The van der Waals surface area contributed by atoms with Gasteiger partial charge in [-0.1, -0.05) is 24.3 Å². The summed E-state index contributed by atoms with van der Waals surface area (Å²) in [6, 6.07) is 7.41. The number of rotatable bonds is 7. The zero-order chi connectivity index (χ0) is 16.8. The summed E-state index contributed by atoms with van der Waals surface area (Å²) in [7, 11) is 0. The van der Waals surface area contributed by atoms with Crippen LogP contribution in [0.15, 0.2) is 43.0 Å². The average Bonchev–Trinajstić information content (AvgIpc) is 3.02. The zero-order valence-corrected chi connectivity index (χ0v) is 14.1. The molecule has 3 atom stereocenters. The van der Waals surface area contributed by atoms with Crippen molar-refractivity contribution in [2.24, 2.45) is 11.8 Å². The first kappa shape index (κ1) is 16.7. The number of nitriles is 1. The largest absolute Gasteiger partial charge is 0.473 e. The third kappa shape index (κ3) is 4.24. The van der Waals surface area contributed by atoms with Crippen molar-refractivity contribution in [3.8, 4) is 11.9 Å². The molecule has 4 heteroatoms. The number of nitrogens with zero attached hydrogens (tertiary/aromatic N) is 3. The van der Waals surface area contributed by atoms with Crippen LogP contribution in [0.2, 0.25) is 0 Å². The maximum absolute atomic E-state index is 8.99. The Kier molecular flexibility index (Phi) is 5.66. The fourth-order valence-corrected chi connectivity index (χ4v) is 3.75. The fraction of sp³-hybridized carbons (Fsp3) is 0.500. The van der Waals surface area contributed by atoms with Crippen molar-refractivity contribution >= 4 is 0 Å². The summed E-state index contributed by atoms with van der Waals surface area (Å²) in [6.45, 7) is 7.06. The highest BCUT2D eigenvalue weighted by atomic mass is 16.5. The summed E-state index contributed by atoms with van der Waals surface area (Å²) in [5, 5.41) is 8.99. The van der Waals surface area contributed by atoms with Crippen molar-refractivity contribution in [2.45, 2.75) is 31.8 Å². The van der Waals surface area contributed by atoms with Gasteiger partial charge >= 0.3 is 0 Å². The monoisotopic (exact) mass is 323 g/mol. The summed E-state index contributed by atoms with van der Waals surface area (Å²) in [5.41, 5.74) is 0.397. The van der Waals surface area contributed by atoms with E-state index in [2.05, 4.69) is 34.7 Å². The van der Waals surface area contributed by atoms with Crippen LogP contribution in [0.4, 0.5) is 0 Å². The molecule has 4 nitrogen and oxygen atoms in total. The van der Waals surface area contributed by atoms with E-state index in [0.717, 1.165) is 44.3 Å². The van der Waals surface area contributed by atoms with Crippen LogP contribution in [0.3, 0.4) is 0 Å². The Morgan fingerprint density at radius 3 is 2.75 bits per heavy atom. The number of likely N-dealkylation sites (tertiary alicyclic amines) is 1. The van der Waals surface area contributed by atoms with E-state index in [1.54, 1.807) is 6.07 Å². The van der Waals surface area contributed by atoms with E-state index in [1.165, 1.54) is 12.8 Å². The lowest BCUT2D eigenvalue weighted by atomic mass is 9.86. The van der Waals surface area contributed by atoms with Crippen molar-refractivity contribution in [1.29, 1.82) is 5.26 Å². The van der Waals surface area contributed by atoms with Crippen LogP contribution in [-0.4, -0.2) is 35.6 Å². The van der Waals surface area contributed by atoms with Crippen LogP contribution in [0.25, 0.3) is 0 Å². The number of allylic oxidation sites excluding steroid dienone is 3. The summed E-state index contributed by atoms with van der Waals surface area (Å²) in [6.07, 6.45) is 10.9. The number of aromatic nitrogens is 1. The van der Waals surface area contributed by atoms with Gasteiger partial charge in [0.25, 0.3) is 0 Å². The maximum Gasteiger partial charge on any atom is 0.214 e. The molecule has 1 aliphatic carbocycles. The molecule has 0 N–H and O–H groups in total. The average molecular weight is 323 g/mol. The van der Waals surface area contributed by atoms with Crippen LogP contribution < -0.4 is 4.74 Å². The zero-order valence-electron chi connectivity index (χ0n) is 14.1. The Hall–Kier alpha value is -2.12. The van der Waals surface area contributed by atoms with Gasteiger partial charge in [0.2, 0.25) is 5.88 Å². The quantitative estimate of drug-likeness (QED) is 0.720. The van der Waals surface area contributed by atoms with E-state index in [1.807, 2.05) is 18.2 Å². The predicted molar refractivity (Wildman–Crippen MR) is 94.6 cm³/mol. The van der Waals surface area contributed by atoms with Gasteiger partial charge in [0.1, 0.15) is 17.9 Å². The molecule has 3 rings (SSSR count). The first-order valence-corrected chi connectivity index (χ1v) is 8.80. The lowest BCUT2D eigenvalue weighted by molar-refractivity contribution is 0.131. The highest BCUT2D eigenvalue weighted by Crippen LogP contribution is 2.33. The second-order valence-corrected chi connectivity index (χ2v) is 6.76. The lowest BCUT2D eigenvalue weighted by Gasteiger charge is -2.24. The van der Waals surface area contributed by atoms with E-state index in [9.17, 15) is 0 Å². The third-order valence-electron chi connectivity index (χ3n) is 4.98. The molecule has 1 fully saturated rings. The van der Waals surface area contributed by atoms with Gasteiger partial charge < -0.3 is 4.74 Å². The first-order chi connectivity index (χ1) is 11.8. The Labute approximate surface area is 144 Å². The van der Waals surface area contributed by atoms with Gasteiger partial charge in [-0.3, -0.25) is 4.90 Å². The fourth-order valence-electron chi connectivity index (χ4n) is 3.75. The standard InChI is InChI=1S/C20H25N3O/c1-2-3-10-19(24-20-11-6-9-18(12-21)22-20)15-23-13-16-7-4-5-8-17(16)14-23/h2,4-6,9,11,16-17,19H,1,3,7-8,10,13-15H2/t16-,17+,19-/m0/s1. The Bertz CT molecular complexity index is 618. The van der Waals surface area contributed by atoms with E-state index in [-0.39, 0.29) is 6.10 Å². The Balaban J connectivity index is 1.61. The van der Waals surface area contributed by atoms with Crippen molar-refractivity contribution in [3.05, 3.63) is 48.7 Å². The molecule has 0 amide bonds. The van der Waals surface area contributed by atoms with Gasteiger partial charge in [-0.25, -0.2) is 4.98 Å². The second kappa shape index (κ2) is 8.12. The number of pyridine rings is 1. The number of hydrogen-bond acceptors (Lipinski definition) is 4. The molecule has 1 saturated heterocycles. The van der Waals surface area contributed by atoms with Gasteiger partial charge in [-0.05, 0) is 43.6 Å². The molecule has 0 unspecified atom stereocenters. The van der Waals surface area contributed by atoms with Gasteiger partial charge in [0.05, 0.1) is 0 Å². The van der Waals surface area contributed by atoms with Crippen molar-refractivity contribution < 1.29 is 4.74 Å². The molecule has 0 bridgehead atoms. The molecule has 24 heavy (non-hydrogen) atoms. The first-order valence-electron chi connectivity index (χ1n) is 8.80. The minimum absolute atomic E-state index is 0.0811. The molecule has 1 aromatic rings. The lowest BCUT2D eigenvalue weighted by Crippen LogP contribution is -2.34.